The van der Waals surface area contributed by atoms with Crippen LogP contribution >= 0.6 is 23.5 Å². The van der Waals surface area contributed by atoms with E-state index < -0.39 is 27.9 Å². The molecule has 1 saturated heterocycles. The fraction of sp³-hybridized carbons (Fsp3) is 0.880. The van der Waals surface area contributed by atoms with Gasteiger partial charge < -0.3 is 30.7 Å². The number of carbonyl (C=O) groups is 3. The van der Waals surface area contributed by atoms with Gasteiger partial charge in [-0.15, -0.1) is 23.5 Å². The highest BCUT2D eigenvalue weighted by molar-refractivity contribution is 8.00. The largest absolute Gasteiger partial charge is 0.368 e. The lowest BCUT2D eigenvalue weighted by molar-refractivity contribution is -0.132. The molecule has 3 amide bonds. The number of methoxy groups -OCH3 is 2. The molecule has 1 rings (SSSR count). The van der Waals surface area contributed by atoms with Gasteiger partial charge in [-0.3, -0.25) is 24.2 Å². The highest BCUT2D eigenvalue weighted by Gasteiger charge is 2.43. The lowest BCUT2D eigenvalue weighted by Crippen LogP contribution is -2.58. The molecular weight excluding hydrogens is 528 g/mol. The molecule has 0 unspecified atom stereocenters. The quantitative estimate of drug-likeness (QED) is 0.143. The Hall–Kier alpha value is -1.09. The molecule has 4 N–H and O–H groups in total. The fourth-order valence-electron chi connectivity index (χ4n) is 3.70. The number of nitrogens with zero attached hydrogens (tertiary/aromatic N) is 2. The van der Waals surface area contributed by atoms with Crippen molar-refractivity contribution in [3.8, 4) is 0 Å². The van der Waals surface area contributed by atoms with E-state index in [2.05, 4.69) is 44.9 Å². The van der Waals surface area contributed by atoms with E-state index in [0.717, 1.165) is 13.1 Å². The van der Waals surface area contributed by atoms with Crippen LogP contribution in [0.4, 0.5) is 0 Å². The van der Waals surface area contributed by atoms with E-state index in [1.807, 2.05) is 34.7 Å². The number of likely N-dealkylation sites (N-methyl/N-ethyl adjacent to an activating group) is 2. The minimum Gasteiger partial charge on any atom is -0.368 e. The summed E-state index contributed by atoms with van der Waals surface area (Å²) in [7, 11) is 7.09. The lowest BCUT2D eigenvalue weighted by Gasteiger charge is -2.41. The Kier molecular flexibility index (Phi) is 14.4. The average molecular weight is 579 g/mol. The molecule has 0 aliphatic carbocycles. The second kappa shape index (κ2) is 15.6. The Labute approximate surface area is 237 Å². The number of ether oxygens (including phenoxy) is 2. The second-order valence-electron chi connectivity index (χ2n) is 10.7. The minimum absolute atomic E-state index is 0.226. The molecular formula is C25H50N6O5S2. The van der Waals surface area contributed by atoms with Crippen LogP contribution in [0.5, 0.6) is 0 Å². The van der Waals surface area contributed by atoms with E-state index in [1.165, 1.54) is 11.8 Å². The molecule has 0 aromatic heterocycles. The van der Waals surface area contributed by atoms with Gasteiger partial charge in [0.25, 0.3) is 0 Å². The molecule has 11 nitrogen and oxygen atoms in total. The molecule has 38 heavy (non-hydrogen) atoms. The SMILES string of the molecule is CNCCNC(=O)[C@H](CSC(C)(C)OC)NC(=O)CNC(=O)[C@H](CSC(C)(C)OC)N1CCN(C)C1(C)C. The summed E-state index contributed by atoms with van der Waals surface area (Å²) in [6.45, 7) is 14.3. The van der Waals surface area contributed by atoms with Gasteiger partial charge in [0.05, 0.1) is 18.2 Å². The van der Waals surface area contributed by atoms with Gasteiger partial charge in [-0.2, -0.15) is 0 Å². The molecule has 13 heteroatoms. The van der Waals surface area contributed by atoms with Crippen molar-refractivity contribution in [2.45, 2.75) is 69.2 Å². The van der Waals surface area contributed by atoms with Crippen molar-refractivity contribution >= 4 is 41.2 Å². The maximum Gasteiger partial charge on any atom is 0.243 e. The first-order valence-corrected chi connectivity index (χ1v) is 14.9. The highest BCUT2D eigenvalue weighted by atomic mass is 32.2. The van der Waals surface area contributed by atoms with Crippen LogP contribution < -0.4 is 21.3 Å². The number of amides is 3. The Morgan fingerprint density at radius 3 is 2.00 bits per heavy atom. The van der Waals surface area contributed by atoms with Gasteiger partial charge in [0.2, 0.25) is 17.7 Å². The third-order valence-electron chi connectivity index (χ3n) is 6.91. The zero-order valence-corrected chi connectivity index (χ0v) is 26.5. The number of rotatable bonds is 17. The predicted octanol–water partition coefficient (Wildman–Crippen LogP) is 0.507. The lowest BCUT2D eigenvalue weighted by atomic mass is 10.1. The number of carbonyl (C=O) groups excluding carboxylic acids is 3. The number of hydrogen-bond acceptors (Lipinski definition) is 10. The van der Waals surface area contributed by atoms with Gasteiger partial charge in [0.1, 0.15) is 15.9 Å². The van der Waals surface area contributed by atoms with Crippen molar-refractivity contribution in [3.63, 3.8) is 0 Å². The maximum absolute atomic E-state index is 13.4. The Morgan fingerprint density at radius 1 is 0.921 bits per heavy atom. The van der Waals surface area contributed by atoms with E-state index in [4.69, 9.17) is 9.47 Å². The summed E-state index contributed by atoms with van der Waals surface area (Å²) < 4.78 is 11.0. The number of nitrogens with one attached hydrogen (secondary N) is 4. The summed E-state index contributed by atoms with van der Waals surface area (Å²) in [5.74, 6) is -0.106. The summed E-state index contributed by atoms with van der Waals surface area (Å²) in [6, 6.07) is -1.23. The molecule has 2 atom stereocenters. The molecule has 1 heterocycles. The van der Waals surface area contributed by atoms with Crippen LogP contribution in [0.15, 0.2) is 0 Å². The van der Waals surface area contributed by atoms with Crippen LogP contribution in [0.3, 0.4) is 0 Å². The summed E-state index contributed by atoms with van der Waals surface area (Å²) in [4.78, 5) is 42.5. The van der Waals surface area contributed by atoms with Crippen LogP contribution in [0, 0.1) is 0 Å². The van der Waals surface area contributed by atoms with E-state index in [9.17, 15) is 14.4 Å². The van der Waals surface area contributed by atoms with Crippen LogP contribution in [0.25, 0.3) is 0 Å². The molecule has 0 radical (unpaired) electrons. The van der Waals surface area contributed by atoms with E-state index >= 15 is 0 Å². The molecule has 1 aliphatic heterocycles. The summed E-state index contributed by atoms with van der Waals surface area (Å²) in [5.41, 5.74) is -0.316. The first-order chi connectivity index (χ1) is 17.6. The zero-order chi connectivity index (χ0) is 29.1. The standard InChI is InChI=1S/C25H50N6O5S2/c1-23(2)30(8)13-14-31(23)19(17-38-25(5,6)36-10)22(34)28-15-20(32)29-18(16-37-24(3,4)35-9)21(33)27-12-11-26-7/h18-19,26H,11-17H2,1-10H3,(H,27,33)(H,28,34)(H,29,32)/t18-,19-/m0/s1. The third kappa shape index (κ3) is 11.2. The first kappa shape index (κ1) is 34.9. The van der Waals surface area contributed by atoms with Crippen molar-refractivity contribution < 1.29 is 23.9 Å². The fourth-order valence-corrected chi connectivity index (χ4v) is 5.63. The van der Waals surface area contributed by atoms with Crippen molar-refractivity contribution in [2.75, 3.05) is 72.5 Å². The normalized spacial score (nSPS) is 18.2. The van der Waals surface area contributed by atoms with Gasteiger partial charge >= 0.3 is 0 Å². The number of hydrogen-bond donors (Lipinski definition) is 4. The molecule has 0 aromatic rings. The van der Waals surface area contributed by atoms with E-state index in [1.54, 1.807) is 33.0 Å². The van der Waals surface area contributed by atoms with Gasteiger partial charge in [-0.1, -0.05) is 0 Å². The van der Waals surface area contributed by atoms with Gasteiger partial charge in [-0.25, -0.2) is 0 Å². The van der Waals surface area contributed by atoms with Crippen LogP contribution in [0.2, 0.25) is 0 Å². The predicted molar refractivity (Wildman–Crippen MR) is 156 cm³/mol. The molecule has 222 valence electrons. The molecule has 0 bridgehead atoms. The maximum atomic E-state index is 13.4. The highest BCUT2D eigenvalue weighted by Crippen LogP contribution is 2.32. The van der Waals surface area contributed by atoms with Gasteiger partial charge in [0, 0.05) is 51.9 Å². The summed E-state index contributed by atoms with van der Waals surface area (Å²) in [5, 5.41) is 11.4. The Bertz CT molecular complexity index is 783. The van der Waals surface area contributed by atoms with Crippen LogP contribution in [-0.2, 0) is 23.9 Å². The molecule has 1 fully saturated rings. The average Bonchev–Trinajstić information content (AvgIpc) is 3.12. The van der Waals surface area contributed by atoms with Crippen molar-refractivity contribution in [1.29, 1.82) is 0 Å². The van der Waals surface area contributed by atoms with E-state index in [0.29, 0.717) is 24.6 Å². The molecule has 0 spiro atoms. The zero-order valence-electron chi connectivity index (χ0n) is 24.9. The topological polar surface area (TPSA) is 124 Å². The van der Waals surface area contributed by atoms with E-state index in [-0.39, 0.29) is 24.0 Å². The van der Waals surface area contributed by atoms with Crippen LogP contribution in [-0.4, -0.2) is 128 Å². The Morgan fingerprint density at radius 2 is 1.50 bits per heavy atom. The molecule has 0 aromatic carbocycles. The smallest absolute Gasteiger partial charge is 0.243 e. The monoisotopic (exact) mass is 578 g/mol. The Balaban J connectivity index is 2.88. The van der Waals surface area contributed by atoms with Crippen molar-refractivity contribution in [1.82, 2.24) is 31.1 Å². The van der Waals surface area contributed by atoms with Gasteiger partial charge in [-0.05, 0) is 55.6 Å². The second-order valence-corrected chi connectivity index (χ2v) is 13.9. The van der Waals surface area contributed by atoms with Crippen molar-refractivity contribution in [3.05, 3.63) is 0 Å². The molecule has 1 aliphatic rings. The summed E-state index contributed by atoms with van der Waals surface area (Å²) in [6.07, 6.45) is 0. The summed E-state index contributed by atoms with van der Waals surface area (Å²) >= 11 is 2.98. The minimum atomic E-state index is -0.768. The third-order valence-corrected chi connectivity index (χ3v) is 9.62. The van der Waals surface area contributed by atoms with Crippen LogP contribution in [0.1, 0.15) is 41.5 Å². The molecule has 0 saturated carbocycles. The number of thioether (sulfide) groups is 2. The van der Waals surface area contributed by atoms with Gasteiger partial charge in [0.15, 0.2) is 0 Å². The van der Waals surface area contributed by atoms with Crippen molar-refractivity contribution in [2.24, 2.45) is 0 Å². The first-order valence-electron chi connectivity index (χ1n) is 13.0.